The second-order valence-electron chi connectivity index (χ2n) is 7.29. The number of ether oxygens (including phenoxy) is 2. The highest BCUT2D eigenvalue weighted by Gasteiger charge is 2.17. The van der Waals surface area contributed by atoms with Crippen LogP contribution in [0.4, 0.5) is 0 Å². The van der Waals surface area contributed by atoms with Crippen LogP contribution in [0.2, 0.25) is 0 Å². The van der Waals surface area contributed by atoms with Gasteiger partial charge < -0.3 is 14.6 Å². The van der Waals surface area contributed by atoms with Crippen molar-refractivity contribution in [3.05, 3.63) is 72.2 Å². The molecule has 0 bridgehead atoms. The summed E-state index contributed by atoms with van der Waals surface area (Å²) in [5, 5.41) is 15.0. The Labute approximate surface area is 175 Å². The lowest BCUT2D eigenvalue weighted by Gasteiger charge is -2.19. The van der Waals surface area contributed by atoms with E-state index in [-0.39, 0.29) is 12.5 Å². The van der Waals surface area contributed by atoms with Crippen LogP contribution >= 0.6 is 0 Å². The summed E-state index contributed by atoms with van der Waals surface area (Å²) in [6.07, 6.45) is 6.28. The molecule has 2 aromatic carbocycles. The van der Waals surface area contributed by atoms with Crippen LogP contribution in [0.25, 0.3) is 22.0 Å². The van der Waals surface area contributed by atoms with E-state index in [0.717, 1.165) is 44.7 Å². The van der Waals surface area contributed by atoms with Gasteiger partial charge in [-0.05, 0) is 47.9 Å². The van der Waals surface area contributed by atoms with E-state index in [4.69, 9.17) is 9.47 Å². The normalized spacial score (nSPS) is 12.1. The fraction of sp³-hybridized carbons (Fsp3) is 0.250. The molecule has 1 N–H and O–H groups in total. The van der Waals surface area contributed by atoms with Gasteiger partial charge in [0.05, 0.1) is 25.9 Å². The van der Waals surface area contributed by atoms with Gasteiger partial charge in [-0.25, -0.2) is 0 Å². The van der Waals surface area contributed by atoms with Crippen LogP contribution in [0.15, 0.2) is 61.1 Å². The maximum Gasteiger partial charge on any atom is 0.122 e. The first-order valence-electron chi connectivity index (χ1n) is 9.84. The fourth-order valence-corrected chi connectivity index (χ4v) is 3.78. The first-order valence-corrected chi connectivity index (χ1v) is 9.84. The predicted octanol–water partition coefficient (Wildman–Crippen LogP) is 4.17. The topological polar surface area (TPSA) is 69.4 Å². The van der Waals surface area contributed by atoms with E-state index in [2.05, 4.69) is 28.3 Å². The Balaban J connectivity index is 1.78. The molecule has 0 unspecified atom stereocenters. The van der Waals surface area contributed by atoms with E-state index in [1.807, 2.05) is 49.9 Å². The molecule has 0 radical (unpaired) electrons. The van der Waals surface area contributed by atoms with Gasteiger partial charge in [0.15, 0.2) is 0 Å². The van der Waals surface area contributed by atoms with E-state index in [1.165, 1.54) is 0 Å². The zero-order valence-corrected chi connectivity index (χ0v) is 17.4. The Kier molecular flexibility index (Phi) is 5.68. The molecular weight excluding hydrogens is 378 g/mol. The first-order chi connectivity index (χ1) is 14.6. The number of nitrogens with zero attached hydrogens (tertiary/aromatic N) is 3. The molecular formula is C24H25N3O3. The molecule has 0 aliphatic heterocycles. The quantitative estimate of drug-likeness (QED) is 0.502. The molecule has 2 heterocycles. The van der Waals surface area contributed by atoms with Crippen molar-refractivity contribution in [1.29, 1.82) is 0 Å². The Hall–Kier alpha value is -3.38. The minimum Gasteiger partial charge on any atom is -0.497 e. The van der Waals surface area contributed by atoms with Crippen molar-refractivity contribution in [2.75, 3.05) is 20.8 Å². The number of pyridine rings is 1. The highest BCUT2D eigenvalue weighted by Crippen LogP contribution is 2.35. The molecule has 4 rings (SSSR count). The van der Waals surface area contributed by atoms with Gasteiger partial charge in [-0.2, -0.15) is 5.10 Å². The van der Waals surface area contributed by atoms with Crippen LogP contribution in [0.1, 0.15) is 23.5 Å². The van der Waals surface area contributed by atoms with Gasteiger partial charge in [-0.3, -0.25) is 9.67 Å². The van der Waals surface area contributed by atoms with Gasteiger partial charge >= 0.3 is 0 Å². The summed E-state index contributed by atoms with van der Waals surface area (Å²) in [6.45, 7) is 0.0796. The highest BCUT2D eigenvalue weighted by atomic mass is 16.5. The summed E-state index contributed by atoms with van der Waals surface area (Å²) in [5.41, 5.74) is 5.13. The van der Waals surface area contributed by atoms with Crippen LogP contribution < -0.4 is 9.47 Å². The Bertz CT molecular complexity index is 1150. The smallest absolute Gasteiger partial charge is 0.122 e. The zero-order chi connectivity index (χ0) is 21.1. The third-order valence-corrected chi connectivity index (χ3v) is 5.34. The van der Waals surface area contributed by atoms with Gasteiger partial charge in [0.25, 0.3) is 0 Å². The lowest BCUT2D eigenvalue weighted by molar-refractivity contribution is 0.281. The number of fused-ring (bicyclic) bond motifs is 1. The second-order valence-corrected chi connectivity index (χ2v) is 7.29. The molecule has 0 aliphatic rings. The summed E-state index contributed by atoms with van der Waals surface area (Å²) in [6, 6.07) is 14.2. The molecule has 0 spiro atoms. The average molecular weight is 403 g/mol. The van der Waals surface area contributed by atoms with Gasteiger partial charge in [0.1, 0.15) is 11.5 Å². The Morgan fingerprint density at radius 2 is 1.70 bits per heavy atom. The van der Waals surface area contributed by atoms with Crippen molar-refractivity contribution >= 4 is 10.9 Å². The molecule has 2 aromatic heterocycles. The molecule has 0 aliphatic carbocycles. The number of methoxy groups -OCH3 is 2. The minimum absolute atomic E-state index is 0.00504. The number of benzene rings is 2. The summed E-state index contributed by atoms with van der Waals surface area (Å²) in [5.74, 6) is 1.47. The lowest BCUT2D eigenvalue weighted by atomic mass is 9.87. The van der Waals surface area contributed by atoms with Gasteiger partial charge in [-0.1, -0.05) is 6.07 Å². The van der Waals surface area contributed by atoms with Crippen LogP contribution in [-0.2, 0) is 7.05 Å². The molecule has 0 fully saturated rings. The van der Waals surface area contributed by atoms with Gasteiger partial charge in [0.2, 0.25) is 0 Å². The zero-order valence-electron chi connectivity index (χ0n) is 17.4. The van der Waals surface area contributed by atoms with Crippen molar-refractivity contribution < 1.29 is 14.6 Å². The molecule has 0 saturated heterocycles. The van der Waals surface area contributed by atoms with Crippen molar-refractivity contribution in [2.24, 2.45) is 7.05 Å². The van der Waals surface area contributed by atoms with E-state index >= 15 is 0 Å². The average Bonchev–Trinajstić information content (AvgIpc) is 3.22. The van der Waals surface area contributed by atoms with E-state index in [1.54, 1.807) is 18.9 Å². The number of hydrogen-bond donors (Lipinski definition) is 1. The molecule has 0 saturated carbocycles. The van der Waals surface area contributed by atoms with Gasteiger partial charge in [0, 0.05) is 54.5 Å². The SMILES string of the molecule is COc1cc(OC)cc([C@@H](CCO)c2ccc3ncc(-c4cnn(C)c4)cc3c2)c1. The number of aromatic nitrogens is 3. The van der Waals surface area contributed by atoms with Crippen molar-refractivity contribution in [1.82, 2.24) is 14.8 Å². The first kappa shape index (κ1) is 19.9. The van der Waals surface area contributed by atoms with Crippen LogP contribution in [0.3, 0.4) is 0 Å². The molecule has 4 aromatic rings. The molecule has 1 atom stereocenters. The summed E-state index contributed by atoms with van der Waals surface area (Å²) in [4.78, 5) is 4.61. The number of hydrogen-bond acceptors (Lipinski definition) is 5. The number of rotatable bonds is 7. The molecule has 154 valence electrons. The number of aryl methyl sites for hydroxylation is 1. The van der Waals surface area contributed by atoms with E-state index < -0.39 is 0 Å². The minimum atomic E-state index is 0.00504. The Morgan fingerprint density at radius 3 is 2.33 bits per heavy atom. The predicted molar refractivity (Wildman–Crippen MR) is 117 cm³/mol. The molecule has 0 amide bonds. The monoisotopic (exact) mass is 403 g/mol. The maximum atomic E-state index is 9.74. The van der Waals surface area contributed by atoms with Crippen molar-refractivity contribution in [3.8, 4) is 22.6 Å². The van der Waals surface area contributed by atoms with Crippen molar-refractivity contribution in [3.63, 3.8) is 0 Å². The van der Waals surface area contributed by atoms with E-state index in [0.29, 0.717) is 6.42 Å². The van der Waals surface area contributed by atoms with Crippen LogP contribution in [0.5, 0.6) is 11.5 Å². The number of aliphatic hydroxyl groups excluding tert-OH is 1. The summed E-state index contributed by atoms with van der Waals surface area (Å²) in [7, 11) is 5.18. The third-order valence-electron chi connectivity index (χ3n) is 5.34. The van der Waals surface area contributed by atoms with Gasteiger partial charge in [-0.15, -0.1) is 0 Å². The second kappa shape index (κ2) is 8.55. The fourth-order valence-electron chi connectivity index (χ4n) is 3.78. The largest absolute Gasteiger partial charge is 0.497 e. The third kappa shape index (κ3) is 4.00. The van der Waals surface area contributed by atoms with Crippen LogP contribution in [-0.4, -0.2) is 40.7 Å². The maximum absolute atomic E-state index is 9.74. The highest BCUT2D eigenvalue weighted by molar-refractivity contribution is 5.84. The van der Waals surface area contributed by atoms with Crippen LogP contribution in [0, 0.1) is 0 Å². The standard InChI is InChI=1S/C24H25N3O3/c1-27-15-20(14-26-27)19-9-18-8-16(4-5-24(18)25-13-19)23(6-7-28)17-10-21(29-2)12-22(11-17)30-3/h4-5,8-15,23,28H,6-7H2,1-3H3/t23-/m0/s1. The molecule has 6 heteroatoms. The molecule has 30 heavy (non-hydrogen) atoms. The summed E-state index contributed by atoms with van der Waals surface area (Å²) < 4.78 is 12.7. The van der Waals surface area contributed by atoms with Crippen molar-refractivity contribution in [2.45, 2.75) is 12.3 Å². The summed E-state index contributed by atoms with van der Waals surface area (Å²) >= 11 is 0. The number of aliphatic hydroxyl groups is 1. The lowest BCUT2D eigenvalue weighted by Crippen LogP contribution is -2.05. The Morgan fingerprint density at radius 1 is 0.933 bits per heavy atom. The van der Waals surface area contributed by atoms with E-state index in [9.17, 15) is 5.11 Å². The molecule has 6 nitrogen and oxygen atoms in total.